The van der Waals surface area contributed by atoms with Crippen molar-refractivity contribution in [1.29, 1.82) is 0 Å². The molecule has 1 atom stereocenters. The Morgan fingerprint density at radius 2 is 2.23 bits per heavy atom. The number of aryl methyl sites for hydroxylation is 1. The maximum absolute atomic E-state index is 4.46. The molecule has 1 unspecified atom stereocenters. The Hall–Kier alpha value is -1.56. The molecule has 2 heterocycles. The minimum absolute atomic E-state index is 0.0957. The first-order valence-corrected chi connectivity index (χ1v) is 7.95. The van der Waals surface area contributed by atoms with Crippen molar-refractivity contribution in [3.63, 3.8) is 0 Å². The quantitative estimate of drug-likeness (QED) is 0.669. The van der Waals surface area contributed by atoms with Crippen molar-refractivity contribution >= 4 is 5.96 Å². The van der Waals surface area contributed by atoms with Gasteiger partial charge in [0, 0.05) is 51.4 Å². The summed E-state index contributed by atoms with van der Waals surface area (Å²) in [7, 11) is 8.06. The van der Waals surface area contributed by atoms with Crippen LogP contribution in [0.3, 0.4) is 0 Å². The lowest BCUT2D eigenvalue weighted by Crippen LogP contribution is -2.51. The molecule has 1 aromatic heterocycles. The molecule has 6 heteroatoms. The van der Waals surface area contributed by atoms with E-state index in [0.29, 0.717) is 5.92 Å². The average Bonchev–Trinajstić information content (AvgIpc) is 3.08. The number of likely N-dealkylation sites (tertiary alicyclic amines) is 1. The average molecular weight is 306 g/mol. The van der Waals surface area contributed by atoms with Crippen molar-refractivity contribution < 1.29 is 0 Å². The van der Waals surface area contributed by atoms with Gasteiger partial charge in [-0.25, -0.2) is 0 Å². The zero-order chi connectivity index (χ0) is 16.3. The van der Waals surface area contributed by atoms with Gasteiger partial charge in [0.1, 0.15) is 0 Å². The summed E-state index contributed by atoms with van der Waals surface area (Å²) in [5.74, 6) is 1.55. The van der Waals surface area contributed by atoms with Crippen LogP contribution in [-0.4, -0.2) is 71.9 Å². The summed E-state index contributed by atoms with van der Waals surface area (Å²) >= 11 is 0. The summed E-state index contributed by atoms with van der Waals surface area (Å²) in [5.41, 5.74) is 1.42. The molecule has 0 spiro atoms. The first kappa shape index (κ1) is 16.8. The molecule has 1 fully saturated rings. The number of aromatic nitrogens is 2. The highest BCUT2D eigenvalue weighted by Crippen LogP contribution is 2.26. The van der Waals surface area contributed by atoms with Gasteiger partial charge in [0.15, 0.2) is 5.96 Å². The molecule has 0 aliphatic carbocycles. The van der Waals surface area contributed by atoms with E-state index >= 15 is 0 Å². The van der Waals surface area contributed by atoms with Gasteiger partial charge in [-0.05, 0) is 39.9 Å². The van der Waals surface area contributed by atoms with Gasteiger partial charge in [-0.15, -0.1) is 0 Å². The predicted molar refractivity (Wildman–Crippen MR) is 91.3 cm³/mol. The first-order chi connectivity index (χ1) is 10.3. The van der Waals surface area contributed by atoms with Crippen LogP contribution in [0.4, 0.5) is 0 Å². The van der Waals surface area contributed by atoms with E-state index in [1.54, 1.807) is 0 Å². The molecule has 0 aromatic carbocycles. The molecule has 0 radical (unpaired) electrons. The van der Waals surface area contributed by atoms with Gasteiger partial charge in [-0.1, -0.05) is 0 Å². The lowest BCUT2D eigenvalue weighted by Gasteiger charge is -2.34. The minimum atomic E-state index is 0.0957. The molecular weight excluding hydrogens is 276 g/mol. The molecule has 1 aliphatic rings. The zero-order valence-corrected chi connectivity index (χ0v) is 14.8. The van der Waals surface area contributed by atoms with Gasteiger partial charge in [0.2, 0.25) is 0 Å². The third kappa shape index (κ3) is 3.80. The monoisotopic (exact) mass is 306 g/mol. The van der Waals surface area contributed by atoms with Crippen LogP contribution in [0.2, 0.25) is 0 Å². The molecule has 1 N–H and O–H groups in total. The van der Waals surface area contributed by atoms with Crippen LogP contribution in [0.25, 0.3) is 0 Å². The second kappa shape index (κ2) is 6.69. The number of hydrogen-bond acceptors (Lipinski definition) is 3. The van der Waals surface area contributed by atoms with Crippen LogP contribution >= 0.6 is 0 Å². The molecule has 0 bridgehead atoms. The molecule has 1 saturated heterocycles. The van der Waals surface area contributed by atoms with Gasteiger partial charge in [-0.3, -0.25) is 9.67 Å². The number of guanidine groups is 1. The van der Waals surface area contributed by atoms with E-state index in [9.17, 15) is 0 Å². The number of nitrogens with one attached hydrogen (secondary N) is 1. The largest absolute Gasteiger partial charge is 0.354 e. The number of hydrogen-bond donors (Lipinski definition) is 1. The normalized spacial score (nSPS) is 20.0. The maximum atomic E-state index is 4.46. The van der Waals surface area contributed by atoms with Crippen molar-refractivity contribution in [3.8, 4) is 0 Å². The fourth-order valence-corrected chi connectivity index (χ4v) is 2.66. The Labute approximate surface area is 134 Å². The third-order valence-corrected chi connectivity index (χ3v) is 4.79. The first-order valence-electron chi connectivity index (χ1n) is 7.95. The summed E-state index contributed by atoms with van der Waals surface area (Å²) in [6, 6.07) is 0. The van der Waals surface area contributed by atoms with E-state index in [1.807, 2.05) is 25.0 Å². The zero-order valence-electron chi connectivity index (χ0n) is 14.8. The van der Waals surface area contributed by atoms with Gasteiger partial charge in [0.05, 0.1) is 6.20 Å². The van der Waals surface area contributed by atoms with E-state index < -0.39 is 0 Å². The second-order valence-corrected chi connectivity index (χ2v) is 6.99. The third-order valence-electron chi connectivity index (χ3n) is 4.79. The molecule has 1 aromatic rings. The molecule has 2 rings (SSSR count). The van der Waals surface area contributed by atoms with Gasteiger partial charge in [-0.2, -0.15) is 5.10 Å². The molecule has 22 heavy (non-hydrogen) atoms. The van der Waals surface area contributed by atoms with E-state index in [4.69, 9.17) is 0 Å². The fraction of sp³-hybridized carbons (Fsp3) is 0.750. The van der Waals surface area contributed by atoms with Crippen molar-refractivity contribution in [3.05, 3.63) is 18.0 Å². The highest BCUT2D eigenvalue weighted by Gasteiger charge is 2.28. The van der Waals surface area contributed by atoms with Gasteiger partial charge >= 0.3 is 0 Å². The number of rotatable bonds is 4. The fourth-order valence-electron chi connectivity index (χ4n) is 2.66. The number of aliphatic imine (C=N–C) groups is 1. The second-order valence-electron chi connectivity index (χ2n) is 6.99. The van der Waals surface area contributed by atoms with Gasteiger partial charge < -0.3 is 15.1 Å². The summed E-state index contributed by atoms with van der Waals surface area (Å²) in [4.78, 5) is 9.04. The molecule has 124 valence electrons. The highest BCUT2D eigenvalue weighted by molar-refractivity contribution is 5.80. The number of nitrogens with zero attached hydrogens (tertiary/aromatic N) is 5. The highest BCUT2D eigenvalue weighted by atomic mass is 15.3. The number of likely N-dealkylation sites (N-methyl/N-ethyl adjacent to an activating group) is 1. The van der Waals surface area contributed by atoms with Crippen LogP contribution in [0, 0.1) is 0 Å². The van der Waals surface area contributed by atoms with Crippen LogP contribution in [0.5, 0.6) is 0 Å². The van der Waals surface area contributed by atoms with E-state index in [0.717, 1.165) is 32.0 Å². The summed E-state index contributed by atoms with van der Waals surface area (Å²) in [6.07, 6.45) is 5.27. The topological polar surface area (TPSA) is 48.7 Å². The van der Waals surface area contributed by atoms with Crippen molar-refractivity contribution in [2.24, 2.45) is 12.0 Å². The smallest absolute Gasteiger partial charge is 0.193 e. The van der Waals surface area contributed by atoms with Gasteiger partial charge in [0.25, 0.3) is 0 Å². The Balaban J connectivity index is 1.93. The molecule has 1 aliphatic heterocycles. The Morgan fingerprint density at radius 3 is 2.77 bits per heavy atom. The van der Waals surface area contributed by atoms with E-state index in [1.165, 1.54) is 5.56 Å². The van der Waals surface area contributed by atoms with Crippen LogP contribution in [0.1, 0.15) is 31.7 Å². The lowest BCUT2D eigenvalue weighted by molar-refractivity contribution is 0.196. The maximum Gasteiger partial charge on any atom is 0.193 e. The lowest BCUT2D eigenvalue weighted by atomic mass is 10.0. The molecular formula is C16H30N6. The predicted octanol–water partition coefficient (Wildman–Crippen LogP) is 1.13. The van der Waals surface area contributed by atoms with Crippen LogP contribution < -0.4 is 5.32 Å². The van der Waals surface area contributed by atoms with Crippen LogP contribution in [0.15, 0.2) is 17.4 Å². The summed E-state index contributed by atoms with van der Waals surface area (Å²) < 4.78 is 1.88. The van der Waals surface area contributed by atoms with Crippen molar-refractivity contribution in [2.45, 2.75) is 31.7 Å². The molecule has 6 nitrogen and oxygen atoms in total. The summed E-state index contributed by atoms with van der Waals surface area (Å²) in [5, 5.41) is 7.81. The van der Waals surface area contributed by atoms with E-state index in [2.05, 4.69) is 59.3 Å². The van der Waals surface area contributed by atoms with Crippen molar-refractivity contribution in [2.75, 3.05) is 40.8 Å². The Bertz CT molecular complexity index is 516. The Kier molecular flexibility index (Phi) is 5.11. The molecule has 0 amide bonds. The van der Waals surface area contributed by atoms with E-state index in [-0.39, 0.29) is 5.54 Å². The van der Waals surface area contributed by atoms with Crippen molar-refractivity contribution in [1.82, 2.24) is 24.9 Å². The Morgan fingerprint density at radius 1 is 1.50 bits per heavy atom. The molecule has 0 saturated carbocycles. The van der Waals surface area contributed by atoms with Crippen LogP contribution in [-0.2, 0) is 7.05 Å². The summed E-state index contributed by atoms with van der Waals surface area (Å²) in [6.45, 7) is 7.39. The minimum Gasteiger partial charge on any atom is -0.354 e. The standard InChI is InChI=1S/C16H30N6/c1-16(2,20(4)5)12-18-15(17-3)22-8-7-13(11-22)14-9-19-21(6)10-14/h9-10,13H,7-8,11-12H2,1-6H3,(H,17,18). The SMILES string of the molecule is CN=C(NCC(C)(C)N(C)C)N1CCC(c2cnn(C)c2)C1.